The van der Waals surface area contributed by atoms with Gasteiger partial charge in [0, 0.05) is 19.6 Å². The summed E-state index contributed by atoms with van der Waals surface area (Å²) in [5.74, 6) is -0.102. The Kier molecular flexibility index (Phi) is 7.17. The lowest BCUT2D eigenvalue weighted by atomic mass is 10.2. The van der Waals surface area contributed by atoms with Gasteiger partial charge >= 0.3 is 0 Å². The number of thioether (sulfide) groups is 1. The van der Waals surface area contributed by atoms with Gasteiger partial charge in [-0.1, -0.05) is 24.8 Å². The van der Waals surface area contributed by atoms with Gasteiger partial charge in [0.15, 0.2) is 5.16 Å². The molecule has 0 saturated heterocycles. The second-order valence-electron chi connectivity index (χ2n) is 4.61. The van der Waals surface area contributed by atoms with Gasteiger partial charge in [0.1, 0.15) is 0 Å². The van der Waals surface area contributed by atoms with Crippen LogP contribution in [0.2, 0.25) is 0 Å². The second-order valence-corrected chi connectivity index (χ2v) is 5.55. The quantitative estimate of drug-likeness (QED) is 0.447. The number of hydrogen-bond donors (Lipinski definition) is 1. The van der Waals surface area contributed by atoms with E-state index in [1.165, 1.54) is 4.57 Å². The van der Waals surface area contributed by atoms with Gasteiger partial charge in [0.25, 0.3) is 5.56 Å². The SMILES string of the molecule is C=CCn1c(SCC(=O)N(CC)CC)nc(O)c(CC)c1=O. The summed E-state index contributed by atoms with van der Waals surface area (Å²) in [6.07, 6.45) is 1.99. The molecule has 0 radical (unpaired) electrons. The average molecular weight is 325 g/mol. The summed E-state index contributed by atoms with van der Waals surface area (Å²) in [7, 11) is 0. The summed E-state index contributed by atoms with van der Waals surface area (Å²) in [6, 6.07) is 0. The van der Waals surface area contributed by atoms with Crippen molar-refractivity contribution in [3.8, 4) is 5.88 Å². The number of carbonyl (C=O) groups excluding carboxylic acids is 1. The van der Waals surface area contributed by atoms with Crippen LogP contribution in [0.1, 0.15) is 26.3 Å². The molecule has 0 aliphatic heterocycles. The third kappa shape index (κ3) is 4.13. The highest BCUT2D eigenvalue weighted by Crippen LogP contribution is 2.20. The molecule has 122 valence electrons. The molecule has 0 saturated carbocycles. The first-order valence-corrected chi connectivity index (χ1v) is 8.32. The Morgan fingerprint density at radius 3 is 2.55 bits per heavy atom. The topological polar surface area (TPSA) is 75.4 Å². The van der Waals surface area contributed by atoms with Crippen LogP contribution in [0.3, 0.4) is 0 Å². The molecule has 1 rings (SSSR count). The van der Waals surface area contributed by atoms with E-state index in [4.69, 9.17) is 0 Å². The first-order valence-electron chi connectivity index (χ1n) is 7.34. The zero-order valence-corrected chi connectivity index (χ0v) is 14.2. The molecule has 1 heterocycles. The van der Waals surface area contributed by atoms with Crippen molar-refractivity contribution in [3.05, 3.63) is 28.6 Å². The van der Waals surface area contributed by atoms with E-state index >= 15 is 0 Å². The summed E-state index contributed by atoms with van der Waals surface area (Å²) >= 11 is 1.15. The molecular formula is C15H23N3O3S. The number of amides is 1. The normalized spacial score (nSPS) is 10.5. The number of aromatic nitrogens is 2. The molecule has 0 atom stereocenters. The summed E-state index contributed by atoms with van der Waals surface area (Å²) < 4.78 is 1.44. The lowest BCUT2D eigenvalue weighted by Crippen LogP contribution is -2.32. The van der Waals surface area contributed by atoms with Crippen LogP contribution in [0.5, 0.6) is 5.88 Å². The van der Waals surface area contributed by atoms with E-state index in [0.29, 0.717) is 31.2 Å². The third-order valence-corrected chi connectivity index (χ3v) is 4.27. The minimum absolute atomic E-state index is 0.0199. The van der Waals surface area contributed by atoms with Crippen molar-refractivity contribution in [2.24, 2.45) is 0 Å². The van der Waals surface area contributed by atoms with Crippen molar-refractivity contribution in [1.82, 2.24) is 14.5 Å². The molecule has 0 fully saturated rings. The Morgan fingerprint density at radius 1 is 1.41 bits per heavy atom. The van der Waals surface area contributed by atoms with Gasteiger partial charge in [-0.3, -0.25) is 14.2 Å². The van der Waals surface area contributed by atoms with Crippen molar-refractivity contribution in [3.63, 3.8) is 0 Å². The van der Waals surface area contributed by atoms with Crippen LogP contribution in [-0.4, -0.2) is 44.3 Å². The fourth-order valence-electron chi connectivity index (χ4n) is 2.07. The lowest BCUT2D eigenvalue weighted by Gasteiger charge is -2.18. The zero-order chi connectivity index (χ0) is 16.7. The Hall–Kier alpha value is -1.76. The van der Waals surface area contributed by atoms with E-state index in [-0.39, 0.29) is 28.7 Å². The first kappa shape index (κ1) is 18.3. The van der Waals surface area contributed by atoms with Gasteiger partial charge in [-0.2, -0.15) is 4.98 Å². The van der Waals surface area contributed by atoms with Gasteiger partial charge in [-0.05, 0) is 20.3 Å². The maximum atomic E-state index is 12.3. The average Bonchev–Trinajstić information content (AvgIpc) is 2.50. The minimum atomic E-state index is -0.285. The molecule has 1 aromatic heterocycles. The summed E-state index contributed by atoms with van der Waals surface area (Å²) in [5, 5.41) is 10.2. The van der Waals surface area contributed by atoms with E-state index in [1.807, 2.05) is 13.8 Å². The molecule has 0 spiro atoms. The van der Waals surface area contributed by atoms with E-state index in [1.54, 1.807) is 17.9 Å². The van der Waals surface area contributed by atoms with Crippen molar-refractivity contribution in [2.75, 3.05) is 18.8 Å². The Balaban J connectivity index is 3.06. The van der Waals surface area contributed by atoms with Crippen LogP contribution < -0.4 is 5.56 Å². The van der Waals surface area contributed by atoms with Gasteiger partial charge in [-0.25, -0.2) is 0 Å². The number of hydrogen-bond acceptors (Lipinski definition) is 5. The van der Waals surface area contributed by atoms with Crippen LogP contribution >= 0.6 is 11.8 Å². The molecule has 1 aromatic rings. The standard InChI is InChI=1S/C15H23N3O3S/c1-5-9-18-14(21)11(6-2)13(20)16-15(18)22-10-12(19)17(7-3)8-4/h5,20H,1,6-10H2,2-4H3. The Morgan fingerprint density at radius 2 is 2.05 bits per heavy atom. The Bertz CT molecular complexity index is 594. The van der Waals surface area contributed by atoms with Crippen molar-refractivity contribution >= 4 is 17.7 Å². The molecule has 6 nitrogen and oxygen atoms in total. The van der Waals surface area contributed by atoms with Crippen molar-refractivity contribution in [2.45, 2.75) is 38.9 Å². The van der Waals surface area contributed by atoms with Crippen molar-refractivity contribution in [1.29, 1.82) is 0 Å². The molecule has 0 aliphatic rings. The van der Waals surface area contributed by atoms with E-state index in [2.05, 4.69) is 11.6 Å². The molecule has 0 aromatic carbocycles. The minimum Gasteiger partial charge on any atom is -0.493 e. The van der Waals surface area contributed by atoms with Crippen LogP contribution in [0.25, 0.3) is 0 Å². The predicted octanol–water partition coefficient (Wildman–Crippen LogP) is 1.66. The number of nitrogens with zero attached hydrogens (tertiary/aromatic N) is 3. The largest absolute Gasteiger partial charge is 0.493 e. The van der Waals surface area contributed by atoms with Gasteiger partial charge < -0.3 is 10.0 Å². The van der Waals surface area contributed by atoms with Crippen LogP contribution in [-0.2, 0) is 17.8 Å². The van der Waals surface area contributed by atoms with Crippen LogP contribution in [0.15, 0.2) is 22.6 Å². The van der Waals surface area contributed by atoms with Crippen molar-refractivity contribution < 1.29 is 9.90 Å². The van der Waals surface area contributed by atoms with Gasteiger partial charge in [0.05, 0.1) is 11.3 Å². The third-order valence-electron chi connectivity index (χ3n) is 3.31. The van der Waals surface area contributed by atoms with Gasteiger partial charge in [-0.15, -0.1) is 6.58 Å². The molecule has 7 heteroatoms. The fraction of sp³-hybridized carbons (Fsp3) is 0.533. The van der Waals surface area contributed by atoms with Gasteiger partial charge in [0.2, 0.25) is 11.8 Å². The number of allylic oxidation sites excluding steroid dienone is 1. The number of rotatable bonds is 8. The molecule has 22 heavy (non-hydrogen) atoms. The van der Waals surface area contributed by atoms with E-state index in [0.717, 1.165) is 11.8 Å². The molecule has 1 N–H and O–H groups in total. The number of aromatic hydroxyl groups is 1. The number of carbonyl (C=O) groups is 1. The maximum Gasteiger partial charge on any atom is 0.261 e. The summed E-state index contributed by atoms with van der Waals surface area (Å²) in [6.45, 7) is 10.8. The van der Waals surface area contributed by atoms with E-state index < -0.39 is 0 Å². The second kappa shape index (κ2) is 8.63. The molecule has 0 unspecified atom stereocenters. The monoisotopic (exact) mass is 325 g/mol. The first-order chi connectivity index (χ1) is 10.5. The summed E-state index contributed by atoms with van der Waals surface area (Å²) in [5.41, 5.74) is -0.00559. The maximum absolute atomic E-state index is 12.3. The highest BCUT2D eigenvalue weighted by atomic mass is 32.2. The molecular weight excluding hydrogens is 302 g/mol. The lowest BCUT2D eigenvalue weighted by molar-refractivity contribution is -0.127. The fourth-order valence-corrected chi connectivity index (χ4v) is 2.97. The smallest absolute Gasteiger partial charge is 0.261 e. The summed E-state index contributed by atoms with van der Waals surface area (Å²) in [4.78, 5) is 30.2. The highest BCUT2D eigenvalue weighted by molar-refractivity contribution is 7.99. The zero-order valence-electron chi connectivity index (χ0n) is 13.3. The van der Waals surface area contributed by atoms with Crippen LogP contribution in [0.4, 0.5) is 0 Å². The molecule has 0 bridgehead atoms. The Labute approximate surface area is 134 Å². The highest BCUT2D eigenvalue weighted by Gasteiger charge is 2.17. The van der Waals surface area contributed by atoms with Crippen LogP contribution in [0, 0.1) is 0 Å². The predicted molar refractivity (Wildman–Crippen MR) is 88.4 cm³/mol. The van der Waals surface area contributed by atoms with E-state index in [9.17, 15) is 14.7 Å². The molecule has 1 amide bonds. The molecule has 0 aliphatic carbocycles.